The van der Waals surface area contributed by atoms with E-state index in [2.05, 4.69) is 0 Å². The molecule has 0 amide bonds. The molecule has 1 heterocycles. The number of fused-ring (bicyclic) bond motifs is 1. The number of esters is 2. The summed E-state index contributed by atoms with van der Waals surface area (Å²) in [6.45, 7) is 2.64. The molecule has 0 spiro atoms. The van der Waals surface area contributed by atoms with Crippen molar-refractivity contribution in [2.24, 2.45) is 0 Å². The van der Waals surface area contributed by atoms with E-state index in [1.807, 2.05) is 24.3 Å². The number of benzene rings is 2. The van der Waals surface area contributed by atoms with E-state index in [1.165, 1.54) is 13.8 Å². The van der Waals surface area contributed by atoms with Gasteiger partial charge in [0.05, 0.1) is 7.11 Å². The highest BCUT2D eigenvalue weighted by atomic mass is 16.6. The average molecular weight is 356 g/mol. The van der Waals surface area contributed by atoms with E-state index in [0.29, 0.717) is 17.1 Å². The van der Waals surface area contributed by atoms with Crippen LogP contribution in [0.1, 0.15) is 37.2 Å². The van der Waals surface area contributed by atoms with Gasteiger partial charge in [-0.05, 0) is 23.8 Å². The van der Waals surface area contributed by atoms with E-state index in [9.17, 15) is 9.59 Å². The van der Waals surface area contributed by atoms with E-state index in [-0.39, 0.29) is 0 Å². The standard InChI is InChI=1S/C20H20O6/c1-12(21)24-19-16-6-4-5-7-17(16)26-18(20(19)25-13(2)22)14-8-10-15(23-3)11-9-14/h4-11,18-20H,1-3H3/t18-,19-,20-/m1/s1. The molecule has 6 heteroatoms. The average Bonchev–Trinajstić information content (AvgIpc) is 2.63. The van der Waals surface area contributed by atoms with Crippen LogP contribution in [-0.4, -0.2) is 25.2 Å². The zero-order valence-corrected chi connectivity index (χ0v) is 14.8. The minimum atomic E-state index is -0.806. The van der Waals surface area contributed by atoms with E-state index in [1.54, 1.807) is 31.4 Å². The van der Waals surface area contributed by atoms with Crippen LogP contribution in [0.4, 0.5) is 0 Å². The van der Waals surface area contributed by atoms with Crippen molar-refractivity contribution in [1.29, 1.82) is 0 Å². The van der Waals surface area contributed by atoms with Crippen molar-refractivity contribution >= 4 is 11.9 Å². The van der Waals surface area contributed by atoms with Crippen LogP contribution >= 0.6 is 0 Å². The summed E-state index contributed by atoms with van der Waals surface area (Å²) in [5, 5.41) is 0. The first-order valence-corrected chi connectivity index (χ1v) is 8.23. The first kappa shape index (κ1) is 17.8. The van der Waals surface area contributed by atoms with Crippen LogP contribution in [-0.2, 0) is 19.1 Å². The SMILES string of the molecule is COc1ccc([C@H]2Oc3ccccc3[C@@H](OC(C)=O)[C@@H]2OC(C)=O)cc1. The Bertz CT molecular complexity index is 798. The predicted octanol–water partition coefficient (Wildman–Crippen LogP) is 3.36. The van der Waals surface area contributed by atoms with Gasteiger partial charge < -0.3 is 18.9 Å². The lowest BCUT2D eigenvalue weighted by molar-refractivity contribution is -0.178. The number of carbonyl (C=O) groups excluding carboxylic acids is 2. The number of para-hydroxylation sites is 1. The smallest absolute Gasteiger partial charge is 0.303 e. The molecule has 1 aliphatic rings. The maximum absolute atomic E-state index is 11.7. The first-order chi connectivity index (χ1) is 12.5. The number of ether oxygens (including phenoxy) is 4. The molecule has 3 rings (SSSR count). The summed E-state index contributed by atoms with van der Waals surface area (Å²) in [6.07, 6.45) is -2.18. The van der Waals surface area contributed by atoms with Crippen molar-refractivity contribution in [1.82, 2.24) is 0 Å². The van der Waals surface area contributed by atoms with Crippen molar-refractivity contribution in [3.05, 3.63) is 59.7 Å². The topological polar surface area (TPSA) is 71.1 Å². The van der Waals surface area contributed by atoms with E-state index in [4.69, 9.17) is 18.9 Å². The first-order valence-electron chi connectivity index (χ1n) is 8.23. The number of hydrogen-bond acceptors (Lipinski definition) is 6. The van der Waals surface area contributed by atoms with Gasteiger partial charge in [0.15, 0.2) is 18.3 Å². The van der Waals surface area contributed by atoms with Crippen molar-refractivity contribution in [3.8, 4) is 11.5 Å². The third-order valence-corrected chi connectivity index (χ3v) is 4.12. The second kappa shape index (κ2) is 7.47. The highest BCUT2D eigenvalue weighted by Crippen LogP contribution is 2.44. The monoisotopic (exact) mass is 356 g/mol. The molecule has 0 fully saturated rings. The Balaban J connectivity index is 2.06. The van der Waals surface area contributed by atoms with Crippen molar-refractivity contribution < 1.29 is 28.5 Å². The molecule has 1 aliphatic heterocycles. The Morgan fingerprint density at radius 2 is 1.58 bits per heavy atom. The minimum absolute atomic E-state index is 0.461. The Kier molecular flexibility index (Phi) is 5.11. The molecule has 0 saturated carbocycles. The quantitative estimate of drug-likeness (QED) is 0.782. The molecular formula is C20H20O6. The summed E-state index contributed by atoms with van der Waals surface area (Å²) >= 11 is 0. The van der Waals surface area contributed by atoms with Crippen molar-refractivity contribution in [3.63, 3.8) is 0 Å². The number of hydrogen-bond donors (Lipinski definition) is 0. The van der Waals surface area contributed by atoms with Gasteiger partial charge in [-0.25, -0.2) is 0 Å². The Labute approximate surface area is 151 Å². The van der Waals surface area contributed by atoms with Gasteiger partial charge in [0.1, 0.15) is 11.5 Å². The predicted molar refractivity (Wildman–Crippen MR) is 92.9 cm³/mol. The zero-order chi connectivity index (χ0) is 18.7. The van der Waals surface area contributed by atoms with E-state index < -0.39 is 30.3 Å². The van der Waals surface area contributed by atoms with Crippen LogP contribution in [0.15, 0.2) is 48.5 Å². The fourth-order valence-corrected chi connectivity index (χ4v) is 3.04. The summed E-state index contributed by atoms with van der Waals surface area (Å²) in [5.74, 6) is 0.347. The summed E-state index contributed by atoms with van der Waals surface area (Å²) in [7, 11) is 1.58. The maximum atomic E-state index is 11.7. The van der Waals surface area contributed by atoms with Gasteiger partial charge in [-0.15, -0.1) is 0 Å². The molecule has 0 aromatic heterocycles. The fraction of sp³-hybridized carbons (Fsp3) is 0.300. The van der Waals surface area contributed by atoms with Crippen LogP contribution in [0.3, 0.4) is 0 Å². The van der Waals surface area contributed by atoms with Crippen molar-refractivity contribution in [2.45, 2.75) is 32.2 Å². The Hall–Kier alpha value is -3.02. The third-order valence-electron chi connectivity index (χ3n) is 4.12. The van der Waals surface area contributed by atoms with Crippen LogP contribution in [0.25, 0.3) is 0 Å². The largest absolute Gasteiger partial charge is 0.497 e. The lowest BCUT2D eigenvalue weighted by atomic mass is 9.91. The van der Waals surface area contributed by atoms with Crippen LogP contribution in [0.5, 0.6) is 11.5 Å². The Morgan fingerprint density at radius 3 is 2.19 bits per heavy atom. The van der Waals surface area contributed by atoms with Gasteiger partial charge in [0.2, 0.25) is 0 Å². The fourth-order valence-electron chi connectivity index (χ4n) is 3.04. The number of rotatable bonds is 4. The van der Waals surface area contributed by atoms with Crippen LogP contribution < -0.4 is 9.47 Å². The summed E-state index contributed by atoms with van der Waals surface area (Å²) in [5.41, 5.74) is 1.45. The molecule has 6 nitrogen and oxygen atoms in total. The molecule has 2 aromatic carbocycles. The zero-order valence-electron chi connectivity index (χ0n) is 14.8. The summed E-state index contributed by atoms with van der Waals surface area (Å²) in [4.78, 5) is 23.4. The van der Waals surface area contributed by atoms with Gasteiger partial charge in [-0.1, -0.05) is 30.3 Å². The van der Waals surface area contributed by atoms with Crippen LogP contribution in [0.2, 0.25) is 0 Å². The van der Waals surface area contributed by atoms with Gasteiger partial charge in [-0.3, -0.25) is 9.59 Å². The van der Waals surface area contributed by atoms with Gasteiger partial charge in [0.25, 0.3) is 0 Å². The summed E-state index contributed by atoms with van der Waals surface area (Å²) in [6, 6.07) is 14.5. The molecule has 0 radical (unpaired) electrons. The lowest BCUT2D eigenvalue weighted by Gasteiger charge is -2.38. The molecule has 0 aliphatic carbocycles. The minimum Gasteiger partial charge on any atom is -0.497 e. The molecule has 0 N–H and O–H groups in total. The molecule has 0 saturated heterocycles. The molecule has 136 valence electrons. The molecule has 0 unspecified atom stereocenters. The van der Waals surface area contributed by atoms with E-state index in [0.717, 1.165) is 5.56 Å². The lowest BCUT2D eigenvalue weighted by Crippen LogP contribution is -2.39. The highest BCUT2D eigenvalue weighted by molar-refractivity contribution is 5.68. The van der Waals surface area contributed by atoms with Gasteiger partial charge >= 0.3 is 11.9 Å². The third kappa shape index (κ3) is 3.64. The van der Waals surface area contributed by atoms with Crippen LogP contribution in [0, 0.1) is 0 Å². The molecule has 26 heavy (non-hydrogen) atoms. The normalized spacial score (nSPS) is 21.1. The summed E-state index contributed by atoms with van der Waals surface area (Å²) < 4.78 is 22.3. The molecule has 3 atom stereocenters. The number of carbonyl (C=O) groups is 2. The second-order valence-corrected chi connectivity index (χ2v) is 5.95. The van der Waals surface area contributed by atoms with Gasteiger partial charge in [0, 0.05) is 19.4 Å². The second-order valence-electron chi connectivity index (χ2n) is 5.95. The molecular weight excluding hydrogens is 336 g/mol. The van der Waals surface area contributed by atoms with Crippen molar-refractivity contribution in [2.75, 3.05) is 7.11 Å². The Morgan fingerprint density at radius 1 is 0.923 bits per heavy atom. The molecule has 2 aromatic rings. The van der Waals surface area contributed by atoms with E-state index >= 15 is 0 Å². The maximum Gasteiger partial charge on any atom is 0.303 e. The molecule has 0 bridgehead atoms. The highest BCUT2D eigenvalue weighted by Gasteiger charge is 2.43. The van der Waals surface area contributed by atoms with Gasteiger partial charge in [-0.2, -0.15) is 0 Å². The number of methoxy groups -OCH3 is 1.